The smallest absolute Gasteiger partial charge is 0.145 e. The van der Waals surface area contributed by atoms with Gasteiger partial charge in [0.05, 0.1) is 17.0 Å². The summed E-state index contributed by atoms with van der Waals surface area (Å²) in [5, 5.41) is 3.86. The fraction of sp³-hybridized carbons (Fsp3) is 0.556. The molecule has 1 aliphatic rings. The van der Waals surface area contributed by atoms with Crippen LogP contribution in [0.15, 0.2) is 23.6 Å². The van der Waals surface area contributed by atoms with Gasteiger partial charge in [-0.1, -0.05) is 0 Å². The Morgan fingerprint density at radius 3 is 3.14 bits per heavy atom. The van der Waals surface area contributed by atoms with Crippen LogP contribution in [0, 0.1) is 5.92 Å². The Labute approximate surface area is 85.6 Å². The zero-order valence-corrected chi connectivity index (χ0v) is 8.67. The molecule has 2 heterocycles. The third-order valence-electron chi connectivity index (χ3n) is 2.32. The van der Waals surface area contributed by atoms with Gasteiger partial charge in [0.15, 0.2) is 0 Å². The normalized spacial score (nSPS) is 23.6. The van der Waals surface area contributed by atoms with Crippen molar-refractivity contribution >= 4 is 10.8 Å². The van der Waals surface area contributed by atoms with Gasteiger partial charge in [-0.2, -0.15) is 0 Å². The molecule has 1 aromatic rings. The Bertz CT molecular complexity index is 311. The van der Waals surface area contributed by atoms with E-state index < -0.39 is 10.8 Å². The molecule has 0 radical (unpaired) electrons. The van der Waals surface area contributed by atoms with Crippen LogP contribution >= 0.6 is 0 Å². The second-order valence-electron chi connectivity index (χ2n) is 3.41. The van der Waals surface area contributed by atoms with E-state index in [0.29, 0.717) is 16.7 Å². The number of hydrogen-bond donors (Lipinski definition) is 1. The summed E-state index contributed by atoms with van der Waals surface area (Å²) in [6.07, 6.45) is 5.88. The number of nitrogens with zero attached hydrogens (tertiary/aromatic N) is 2. The molecule has 14 heavy (non-hydrogen) atoms. The summed E-state index contributed by atoms with van der Waals surface area (Å²) in [6.45, 7) is 2.02. The van der Waals surface area contributed by atoms with Crippen molar-refractivity contribution in [1.82, 2.24) is 15.3 Å². The summed E-state index contributed by atoms with van der Waals surface area (Å²) in [5.74, 6) is 1.23. The monoisotopic (exact) mass is 211 g/mol. The molecule has 4 nitrogen and oxygen atoms in total. The van der Waals surface area contributed by atoms with Crippen LogP contribution in [0.1, 0.15) is 6.42 Å². The molecule has 1 N–H and O–H groups in total. The third-order valence-corrected chi connectivity index (χ3v) is 3.77. The van der Waals surface area contributed by atoms with Crippen LogP contribution in [-0.4, -0.2) is 33.0 Å². The van der Waals surface area contributed by atoms with Gasteiger partial charge in [0.25, 0.3) is 0 Å². The molecular formula is C9H13N3OS. The molecule has 1 fully saturated rings. The van der Waals surface area contributed by atoms with E-state index in [1.807, 2.05) is 0 Å². The zero-order chi connectivity index (χ0) is 9.80. The van der Waals surface area contributed by atoms with Gasteiger partial charge >= 0.3 is 0 Å². The summed E-state index contributed by atoms with van der Waals surface area (Å²) >= 11 is 0. The first-order valence-corrected chi connectivity index (χ1v) is 6.03. The molecule has 0 spiro atoms. The molecule has 1 saturated heterocycles. The van der Waals surface area contributed by atoms with Crippen molar-refractivity contribution in [2.45, 2.75) is 11.4 Å². The summed E-state index contributed by atoms with van der Waals surface area (Å²) in [4.78, 5) is 7.95. The van der Waals surface area contributed by atoms with Crippen LogP contribution < -0.4 is 5.32 Å². The third kappa shape index (κ3) is 2.36. The van der Waals surface area contributed by atoms with E-state index in [0.717, 1.165) is 19.5 Å². The molecule has 76 valence electrons. The topological polar surface area (TPSA) is 54.9 Å². The lowest BCUT2D eigenvalue weighted by Gasteiger charge is -2.06. The number of hydrogen-bond acceptors (Lipinski definition) is 4. The molecule has 0 amide bonds. The number of rotatable bonds is 3. The molecule has 1 aromatic heterocycles. The molecule has 0 aromatic carbocycles. The molecule has 2 atom stereocenters. The quantitative estimate of drug-likeness (QED) is 0.775. The molecule has 0 saturated carbocycles. The standard InChI is InChI=1S/C9H13N3OS/c13-14(7-8-1-2-10-5-8)9-6-11-3-4-12-9/h3-4,6,8,10H,1-2,5,7H2/t8-,14+/m0/s1. The lowest BCUT2D eigenvalue weighted by Crippen LogP contribution is -2.15. The van der Waals surface area contributed by atoms with Gasteiger partial charge in [0.1, 0.15) is 5.03 Å². The predicted molar refractivity (Wildman–Crippen MR) is 54.3 cm³/mol. The van der Waals surface area contributed by atoms with Crippen molar-refractivity contribution in [3.63, 3.8) is 0 Å². The Hall–Kier alpha value is -0.810. The van der Waals surface area contributed by atoms with Crippen molar-refractivity contribution in [3.8, 4) is 0 Å². The highest BCUT2D eigenvalue weighted by molar-refractivity contribution is 7.84. The van der Waals surface area contributed by atoms with E-state index in [4.69, 9.17) is 0 Å². The molecule has 1 aliphatic heterocycles. The summed E-state index contributed by atoms with van der Waals surface area (Å²) in [5.41, 5.74) is 0. The summed E-state index contributed by atoms with van der Waals surface area (Å²) in [7, 11) is -0.987. The Morgan fingerprint density at radius 1 is 1.57 bits per heavy atom. The minimum Gasteiger partial charge on any atom is -0.316 e. The van der Waals surface area contributed by atoms with E-state index in [1.165, 1.54) is 0 Å². The highest BCUT2D eigenvalue weighted by atomic mass is 32.2. The minimum atomic E-state index is -0.987. The lowest BCUT2D eigenvalue weighted by molar-refractivity contribution is 0.630. The van der Waals surface area contributed by atoms with E-state index in [2.05, 4.69) is 15.3 Å². The van der Waals surface area contributed by atoms with Gasteiger partial charge < -0.3 is 5.32 Å². The minimum absolute atomic E-state index is 0.526. The van der Waals surface area contributed by atoms with Gasteiger partial charge in [-0.15, -0.1) is 0 Å². The van der Waals surface area contributed by atoms with Crippen molar-refractivity contribution in [2.24, 2.45) is 5.92 Å². The fourth-order valence-corrected chi connectivity index (χ4v) is 2.80. The lowest BCUT2D eigenvalue weighted by atomic mass is 10.2. The van der Waals surface area contributed by atoms with Crippen LogP contribution in [0.4, 0.5) is 0 Å². The average molecular weight is 211 g/mol. The maximum atomic E-state index is 11.8. The first-order chi connectivity index (χ1) is 6.86. The van der Waals surface area contributed by atoms with Crippen LogP contribution in [0.5, 0.6) is 0 Å². The highest BCUT2D eigenvalue weighted by Gasteiger charge is 2.18. The maximum absolute atomic E-state index is 11.8. The van der Waals surface area contributed by atoms with Crippen molar-refractivity contribution < 1.29 is 4.21 Å². The molecule has 0 aliphatic carbocycles. The summed E-state index contributed by atoms with van der Waals surface area (Å²) < 4.78 is 11.8. The van der Waals surface area contributed by atoms with Gasteiger partial charge in [-0.25, -0.2) is 4.98 Å². The van der Waals surface area contributed by atoms with Crippen LogP contribution in [0.25, 0.3) is 0 Å². The Morgan fingerprint density at radius 2 is 2.50 bits per heavy atom. The van der Waals surface area contributed by atoms with Gasteiger partial charge in [-0.3, -0.25) is 9.19 Å². The summed E-state index contributed by atoms with van der Waals surface area (Å²) in [6, 6.07) is 0. The second-order valence-corrected chi connectivity index (χ2v) is 4.86. The predicted octanol–water partition coefficient (Wildman–Crippen LogP) is 0.194. The molecular weight excluding hydrogens is 198 g/mol. The van der Waals surface area contributed by atoms with Crippen molar-refractivity contribution in [3.05, 3.63) is 18.6 Å². The average Bonchev–Trinajstić information content (AvgIpc) is 2.72. The maximum Gasteiger partial charge on any atom is 0.145 e. The van der Waals surface area contributed by atoms with Crippen molar-refractivity contribution in [1.29, 1.82) is 0 Å². The fourth-order valence-electron chi connectivity index (χ4n) is 1.56. The number of aromatic nitrogens is 2. The first-order valence-electron chi connectivity index (χ1n) is 4.71. The van der Waals surface area contributed by atoms with Gasteiger partial charge in [0, 0.05) is 18.1 Å². The second kappa shape index (κ2) is 4.61. The van der Waals surface area contributed by atoms with E-state index in [-0.39, 0.29) is 0 Å². The van der Waals surface area contributed by atoms with Crippen LogP contribution in [0.2, 0.25) is 0 Å². The largest absolute Gasteiger partial charge is 0.316 e. The SMILES string of the molecule is O=[S@](C[C@H]1CCNC1)c1cnccn1. The molecule has 0 bridgehead atoms. The first kappa shape index (κ1) is 9.73. The van der Waals surface area contributed by atoms with Gasteiger partial charge in [0.2, 0.25) is 0 Å². The van der Waals surface area contributed by atoms with Crippen molar-refractivity contribution in [2.75, 3.05) is 18.8 Å². The van der Waals surface area contributed by atoms with E-state index in [9.17, 15) is 4.21 Å². The molecule has 5 heteroatoms. The van der Waals surface area contributed by atoms with Crippen LogP contribution in [-0.2, 0) is 10.8 Å². The highest BCUT2D eigenvalue weighted by Crippen LogP contribution is 2.12. The Kier molecular flexibility index (Phi) is 3.21. The van der Waals surface area contributed by atoms with Crippen LogP contribution in [0.3, 0.4) is 0 Å². The Balaban J connectivity index is 1.95. The molecule has 0 unspecified atom stereocenters. The van der Waals surface area contributed by atoms with E-state index in [1.54, 1.807) is 18.6 Å². The van der Waals surface area contributed by atoms with E-state index >= 15 is 0 Å². The zero-order valence-electron chi connectivity index (χ0n) is 7.85. The van der Waals surface area contributed by atoms with Gasteiger partial charge in [-0.05, 0) is 25.4 Å². The number of nitrogens with one attached hydrogen (secondary N) is 1. The molecule has 2 rings (SSSR count).